The van der Waals surface area contributed by atoms with Gasteiger partial charge in [0.1, 0.15) is 18.1 Å². The standard InChI is InChI=1S/C12H10F3N4OS/c1-7-6-21-11(18(7)2)20-19-10-5-8(12(13,14)15)3-4-9(10)16-17-19/h3-6H,1-2H3/q+1. The van der Waals surface area contributed by atoms with E-state index in [1.165, 1.54) is 17.4 Å². The third-order valence-electron chi connectivity index (χ3n) is 3.04. The number of nitrogens with zero attached hydrogens (tertiary/aromatic N) is 4. The monoisotopic (exact) mass is 315 g/mol. The number of halogens is 3. The predicted octanol–water partition coefficient (Wildman–Crippen LogP) is 2.49. The summed E-state index contributed by atoms with van der Waals surface area (Å²) in [5.41, 5.74) is 0.694. The number of aromatic nitrogens is 4. The van der Waals surface area contributed by atoms with Crippen molar-refractivity contribution in [2.24, 2.45) is 7.05 Å². The first-order chi connectivity index (χ1) is 9.86. The maximum absolute atomic E-state index is 12.8. The minimum atomic E-state index is -4.42. The number of alkyl halides is 3. The Morgan fingerprint density at radius 2 is 2.10 bits per heavy atom. The lowest BCUT2D eigenvalue weighted by atomic mass is 10.2. The van der Waals surface area contributed by atoms with Crippen molar-refractivity contribution in [1.29, 1.82) is 0 Å². The van der Waals surface area contributed by atoms with E-state index in [1.807, 2.05) is 12.3 Å². The largest absolute Gasteiger partial charge is 0.456 e. The zero-order valence-corrected chi connectivity index (χ0v) is 11.9. The number of aryl methyl sites for hydroxylation is 1. The molecule has 0 aliphatic heterocycles. The molecule has 5 nitrogen and oxygen atoms in total. The Labute approximate surface area is 121 Å². The summed E-state index contributed by atoms with van der Waals surface area (Å²) in [6.07, 6.45) is -4.42. The number of benzene rings is 1. The summed E-state index contributed by atoms with van der Waals surface area (Å²) in [4.78, 5) is 6.50. The van der Waals surface area contributed by atoms with E-state index in [1.54, 1.807) is 11.6 Å². The van der Waals surface area contributed by atoms with Gasteiger partial charge < -0.3 is 0 Å². The maximum atomic E-state index is 12.8. The molecule has 2 aromatic heterocycles. The van der Waals surface area contributed by atoms with E-state index in [-0.39, 0.29) is 5.52 Å². The first kappa shape index (κ1) is 13.8. The highest BCUT2D eigenvalue weighted by Crippen LogP contribution is 2.31. The summed E-state index contributed by atoms with van der Waals surface area (Å²) in [7, 11) is 1.79. The second kappa shape index (κ2) is 4.69. The summed E-state index contributed by atoms with van der Waals surface area (Å²) < 4.78 is 40.0. The van der Waals surface area contributed by atoms with Crippen LogP contribution in [-0.2, 0) is 13.2 Å². The molecule has 0 atom stereocenters. The van der Waals surface area contributed by atoms with E-state index in [9.17, 15) is 13.2 Å². The van der Waals surface area contributed by atoms with Crippen molar-refractivity contribution in [1.82, 2.24) is 15.2 Å². The van der Waals surface area contributed by atoms with Crippen molar-refractivity contribution in [3.63, 3.8) is 0 Å². The Morgan fingerprint density at radius 1 is 1.33 bits per heavy atom. The first-order valence-corrected chi connectivity index (χ1v) is 6.79. The van der Waals surface area contributed by atoms with Gasteiger partial charge in [0.15, 0.2) is 5.69 Å². The van der Waals surface area contributed by atoms with Gasteiger partial charge in [-0.3, -0.25) is 4.84 Å². The third kappa shape index (κ3) is 2.44. The van der Waals surface area contributed by atoms with Gasteiger partial charge in [-0.15, -0.1) is 5.10 Å². The molecule has 110 valence electrons. The molecule has 0 unspecified atom stereocenters. The van der Waals surface area contributed by atoms with Gasteiger partial charge in [0, 0.05) is 6.92 Å². The zero-order valence-electron chi connectivity index (χ0n) is 11.0. The number of rotatable bonds is 2. The molecule has 21 heavy (non-hydrogen) atoms. The van der Waals surface area contributed by atoms with Gasteiger partial charge in [0.05, 0.1) is 10.9 Å². The van der Waals surface area contributed by atoms with Crippen molar-refractivity contribution in [2.45, 2.75) is 13.1 Å². The van der Waals surface area contributed by atoms with Crippen LogP contribution in [0.1, 0.15) is 11.3 Å². The van der Waals surface area contributed by atoms with E-state index < -0.39 is 11.7 Å². The van der Waals surface area contributed by atoms with Gasteiger partial charge in [-0.05, 0) is 34.7 Å². The quantitative estimate of drug-likeness (QED) is 0.683. The average molecular weight is 315 g/mol. The summed E-state index contributed by atoms with van der Waals surface area (Å²) in [6, 6.07) is 3.21. The van der Waals surface area contributed by atoms with Crippen LogP contribution in [0.5, 0.6) is 5.19 Å². The highest BCUT2D eigenvalue weighted by molar-refractivity contribution is 7.11. The van der Waals surface area contributed by atoms with Crippen molar-refractivity contribution in [2.75, 3.05) is 0 Å². The molecule has 3 aromatic rings. The maximum Gasteiger partial charge on any atom is 0.456 e. The normalized spacial score (nSPS) is 12.0. The molecule has 0 saturated heterocycles. The molecule has 0 bridgehead atoms. The number of hydrogen-bond donors (Lipinski definition) is 0. The fraction of sp³-hybridized carbons (Fsp3) is 0.250. The molecule has 2 heterocycles. The molecule has 0 aliphatic rings. The predicted molar refractivity (Wildman–Crippen MR) is 68.8 cm³/mol. The van der Waals surface area contributed by atoms with E-state index >= 15 is 0 Å². The second-order valence-corrected chi connectivity index (χ2v) is 5.28. The lowest BCUT2D eigenvalue weighted by molar-refractivity contribution is -0.679. The Bertz CT molecular complexity index is 809. The van der Waals surface area contributed by atoms with Crippen LogP contribution in [0.25, 0.3) is 11.0 Å². The van der Waals surface area contributed by atoms with Gasteiger partial charge in [0.2, 0.25) is 0 Å². The minimum absolute atomic E-state index is 0.163. The van der Waals surface area contributed by atoms with Gasteiger partial charge in [-0.25, -0.2) is 0 Å². The Hall–Kier alpha value is -2.16. The second-order valence-electron chi connectivity index (χ2n) is 4.46. The molecule has 0 spiro atoms. The molecule has 3 rings (SSSR count). The number of thiazole rings is 1. The molecular formula is C12H10F3N4OS+. The van der Waals surface area contributed by atoms with Crippen LogP contribution in [0.2, 0.25) is 0 Å². The van der Waals surface area contributed by atoms with Gasteiger partial charge >= 0.3 is 11.4 Å². The number of fused-ring (bicyclic) bond motifs is 1. The smallest absolute Gasteiger partial charge is 0.283 e. The van der Waals surface area contributed by atoms with E-state index in [4.69, 9.17) is 4.84 Å². The first-order valence-electron chi connectivity index (χ1n) is 5.91. The van der Waals surface area contributed by atoms with Gasteiger partial charge in [-0.1, -0.05) is 4.85 Å². The van der Waals surface area contributed by atoms with Crippen molar-refractivity contribution < 1.29 is 22.6 Å². The van der Waals surface area contributed by atoms with Crippen LogP contribution in [0, 0.1) is 6.92 Å². The third-order valence-corrected chi connectivity index (χ3v) is 4.05. The lowest BCUT2D eigenvalue weighted by Gasteiger charge is -2.06. The molecule has 0 saturated carbocycles. The molecule has 1 aromatic carbocycles. The summed E-state index contributed by atoms with van der Waals surface area (Å²) in [5, 5.41) is 9.89. The Morgan fingerprint density at radius 3 is 2.71 bits per heavy atom. The van der Waals surface area contributed by atoms with Crippen molar-refractivity contribution in [3.8, 4) is 5.19 Å². The van der Waals surface area contributed by atoms with Crippen LogP contribution in [-0.4, -0.2) is 15.2 Å². The number of hydrogen-bond acceptors (Lipinski definition) is 4. The van der Waals surface area contributed by atoms with Crippen molar-refractivity contribution >= 4 is 22.4 Å². The van der Waals surface area contributed by atoms with Crippen LogP contribution in [0.4, 0.5) is 13.2 Å². The molecule has 0 aliphatic carbocycles. The van der Waals surface area contributed by atoms with E-state index in [0.717, 1.165) is 22.7 Å². The fourth-order valence-electron chi connectivity index (χ4n) is 1.74. The SMILES string of the molecule is Cc1csc(On2nnc3ccc(C(F)(F)F)cc32)[n+]1C. The lowest BCUT2D eigenvalue weighted by Crippen LogP contribution is -2.32. The highest BCUT2D eigenvalue weighted by Gasteiger charge is 2.31. The summed E-state index contributed by atoms with van der Waals surface area (Å²) in [5.74, 6) is 0. The average Bonchev–Trinajstić information content (AvgIpc) is 2.96. The van der Waals surface area contributed by atoms with Crippen LogP contribution in [0.15, 0.2) is 23.6 Å². The molecule has 0 fully saturated rings. The van der Waals surface area contributed by atoms with E-state index in [0.29, 0.717) is 10.7 Å². The molecular weight excluding hydrogens is 305 g/mol. The molecule has 9 heteroatoms. The summed E-state index contributed by atoms with van der Waals surface area (Å²) in [6.45, 7) is 1.89. The fourth-order valence-corrected chi connectivity index (χ4v) is 2.58. The van der Waals surface area contributed by atoms with Crippen molar-refractivity contribution in [3.05, 3.63) is 34.8 Å². The molecule has 0 amide bonds. The van der Waals surface area contributed by atoms with Crippen LogP contribution >= 0.6 is 11.3 Å². The van der Waals surface area contributed by atoms with E-state index in [2.05, 4.69) is 10.3 Å². The minimum Gasteiger partial charge on any atom is -0.283 e. The Balaban J connectivity index is 2.05. The Kier molecular flexibility index (Phi) is 3.08. The van der Waals surface area contributed by atoms with Gasteiger partial charge in [-0.2, -0.15) is 17.7 Å². The van der Waals surface area contributed by atoms with Gasteiger partial charge in [0.25, 0.3) is 0 Å². The molecule has 0 radical (unpaired) electrons. The highest BCUT2D eigenvalue weighted by atomic mass is 32.1. The summed E-state index contributed by atoms with van der Waals surface area (Å²) >= 11 is 1.32. The topological polar surface area (TPSA) is 43.8 Å². The van der Waals surface area contributed by atoms with Crippen LogP contribution < -0.4 is 9.40 Å². The van der Waals surface area contributed by atoms with Crippen LogP contribution in [0.3, 0.4) is 0 Å². The zero-order chi connectivity index (χ0) is 15.2. The molecule has 0 N–H and O–H groups in total.